The molecule has 0 aliphatic rings. The molecular formula is C26H22N8O2. The third kappa shape index (κ3) is 5.85. The Morgan fingerprint density at radius 1 is 1.14 bits per heavy atom. The van der Waals surface area contributed by atoms with E-state index in [0.29, 0.717) is 22.8 Å². The molecule has 178 valence electrons. The lowest BCUT2D eigenvalue weighted by atomic mass is 10.1. The molecule has 10 heteroatoms. The summed E-state index contributed by atoms with van der Waals surface area (Å²) < 4.78 is 4.97. The Bertz CT molecular complexity index is 1430. The number of nitrogens with zero attached hydrogens (tertiary/aromatic N) is 4. The molecule has 2 aromatic carbocycles. The quantitative estimate of drug-likeness (QED) is 0.173. The van der Waals surface area contributed by atoms with Crippen LogP contribution in [0, 0.1) is 23.7 Å². The standard InChI is InChI=1S/C26H22N8O2/c1-16-4-9-20(32-25(35)18-7-5-17(6-8-18)24(29)36-23(28)14-27)13-22(16)34-26-31-12-10-21(33-26)19-3-2-11-30-15-19/h2-13,15,24,28H,29H2,1H3,(H,32,35)(H,31,33,34). The van der Waals surface area contributed by atoms with Crippen molar-refractivity contribution in [2.75, 3.05) is 10.6 Å². The fourth-order valence-electron chi connectivity index (χ4n) is 3.30. The summed E-state index contributed by atoms with van der Waals surface area (Å²) in [5, 5.41) is 22.0. The Hall–Kier alpha value is -5.14. The van der Waals surface area contributed by atoms with Crippen LogP contribution in [0.5, 0.6) is 0 Å². The van der Waals surface area contributed by atoms with Crippen LogP contribution in [0.25, 0.3) is 11.3 Å². The molecule has 5 N–H and O–H groups in total. The van der Waals surface area contributed by atoms with Gasteiger partial charge in [0.05, 0.1) is 5.69 Å². The monoisotopic (exact) mass is 478 g/mol. The summed E-state index contributed by atoms with van der Waals surface area (Å²) in [7, 11) is 0. The SMILES string of the molecule is Cc1ccc(NC(=O)c2ccc(C(N)OC(=N)C#N)cc2)cc1Nc1nccc(-c2cccnc2)n1. The van der Waals surface area contributed by atoms with Gasteiger partial charge in [-0.2, -0.15) is 5.26 Å². The van der Waals surface area contributed by atoms with E-state index in [-0.39, 0.29) is 5.91 Å². The van der Waals surface area contributed by atoms with Gasteiger partial charge in [-0.1, -0.05) is 18.2 Å². The lowest BCUT2D eigenvalue weighted by Gasteiger charge is -2.13. The maximum absolute atomic E-state index is 12.8. The Kier molecular flexibility index (Phi) is 7.24. The average molecular weight is 479 g/mol. The van der Waals surface area contributed by atoms with Gasteiger partial charge in [-0.25, -0.2) is 9.97 Å². The van der Waals surface area contributed by atoms with E-state index in [1.54, 1.807) is 61.1 Å². The molecule has 0 saturated carbocycles. The number of nitrogens with two attached hydrogens (primary N) is 1. The lowest BCUT2D eigenvalue weighted by molar-refractivity contribution is 0.102. The van der Waals surface area contributed by atoms with Crippen LogP contribution in [0.15, 0.2) is 79.3 Å². The smallest absolute Gasteiger partial charge is 0.289 e. The molecule has 0 fully saturated rings. The first-order valence-corrected chi connectivity index (χ1v) is 10.9. The summed E-state index contributed by atoms with van der Waals surface area (Å²) >= 11 is 0. The van der Waals surface area contributed by atoms with Crippen molar-refractivity contribution in [3.63, 3.8) is 0 Å². The maximum Gasteiger partial charge on any atom is 0.289 e. The molecule has 4 aromatic rings. The van der Waals surface area contributed by atoms with Crippen LogP contribution in [-0.2, 0) is 4.74 Å². The topological polar surface area (TPSA) is 163 Å². The lowest BCUT2D eigenvalue weighted by Crippen LogP contribution is -2.18. The van der Waals surface area contributed by atoms with Gasteiger partial charge in [0.2, 0.25) is 5.95 Å². The second-order valence-electron chi connectivity index (χ2n) is 7.72. The fraction of sp³-hybridized carbons (Fsp3) is 0.0769. The highest BCUT2D eigenvalue weighted by atomic mass is 16.5. The van der Waals surface area contributed by atoms with Gasteiger partial charge in [0.25, 0.3) is 11.8 Å². The number of carbonyl (C=O) groups excluding carboxylic acids is 1. The second-order valence-corrected chi connectivity index (χ2v) is 7.72. The maximum atomic E-state index is 12.8. The van der Waals surface area contributed by atoms with Crippen molar-refractivity contribution in [3.8, 4) is 17.3 Å². The highest BCUT2D eigenvalue weighted by Gasteiger charge is 2.12. The predicted molar refractivity (Wildman–Crippen MR) is 135 cm³/mol. The van der Waals surface area contributed by atoms with Gasteiger partial charge >= 0.3 is 0 Å². The van der Waals surface area contributed by atoms with E-state index in [1.165, 1.54) is 0 Å². The van der Waals surface area contributed by atoms with Crippen molar-refractivity contribution in [2.24, 2.45) is 5.73 Å². The van der Waals surface area contributed by atoms with Crippen molar-refractivity contribution in [2.45, 2.75) is 13.2 Å². The number of ether oxygens (including phenoxy) is 1. The van der Waals surface area contributed by atoms with E-state index in [1.807, 2.05) is 31.2 Å². The van der Waals surface area contributed by atoms with Crippen LogP contribution in [-0.4, -0.2) is 26.8 Å². The predicted octanol–water partition coefficient (Wildman–Crippen LogP) is 4.32. The van der Waals surface area contributed by atoms with E-state index in [2.05, 4.69) is 25.6 Å². The number of carbonyl (C=O) groups is 1. The Balaban J connectivity index is 1.46. The normalized spacial score (nSPS) is 11.1. The molecule has 2 heterocycles. The summed E-state index contributed by atoms with van der Waals surface area (Å²) in [6.45, 7) is 1.94. The molecule has 36 heavy (non-hydrogen) atoms. The van der Waals surface area contributed by atoms with E-state index in [9.17, 15) is 4.79 Å². The van der Waals surface area contributed by atoms with Crippen LogP contribution in [0.2, 0.25) is 0 Å². The number of benzene rings is 2. The van der Waals surface area contributed by atoms with Crippen LogP contribution in [0.3, 0.4) is 0 Å². The van der Waals surface area contributed by atoms with Gasteiger partial charge in [-0.3, -0.25) is 20.9 Å². The minimum atomic E-state index is -0.973. The van der Waals surface area contributed by atoms with Gasteiger partial charge in [-0.15, -0.1) is 0 Å². The van der Waals surface area contributed by atoms with E-state index in [0.717, 1.165) is 22.5 Å². The average Bonchev–Trinajstić information content (AvgIpc) is 2.91. The zero-order chi connectivity index (χ0) is 25.5. The summed E-state index contributed by atoms with van der Waals surface area (Å²) in [6.07, 6.45) is 4.13. The third-order valence-corrected chi connectivity index (χ3v) is 5.20. The number of amides is 1. The molecule has 0 radical (unpaired) electrons. The number of aryl methyl sites for hydroxylation is 1. The molecule has 0 bridgehead atoms. The van der Waals surface area contributed by atoms with Crippen LogP contribution in [0.4, 0.5) is 17.3 Å². The minimum absolute atomic E-state index is 0.314. The van der Waals surface area contributed by atoms with Gasteiger partial charge in [0.1, 0.15) is 0 Å². The second kappa shape index (κ2) is 10.9. The summed E-state index contributed by atoms with van der Waals surface area (Å²) in [5.41, 5.74) is 10.7. The molecule has 0 aliphatic heterocycles. The van der Waals surface area contributed by atoms with Crippen molar-refractivity contribution in [1.82, 2.24) is 15.0 Å². The third-order valence-electron chi connectivity index (χ3n) is 5.20. The number of pyridine rings is 1. The summed E-state index contributed by atoms with van der Waals surface area (Å²) in [5.74, 6) is -0.478. The first-order valence-electron chi connectivity index (χ1n) is 10.9. The summed E-state index contributed by atoms with van der Waals surface area (Å²) in [4.78, 5) is 25.8. The van der Waals surface area contributed by atoms with E-state index in [4.69, 9.17) is 21.1 Å². The molecule has 10 nitrogen and oxygen atoms in total. The highest BCUT2D eigenvalue weighted by molar-refractivity contribution is 6.04. The molecule has 1 atom stereocenters. The largest absolute Gasteiger partial charge is 0.447 e. The molecule has 4 rings (SSSR count). The molecule has 1 amide bonds. The van der Waals surface area contributed by atoms with Crippen LogP contribution in [0.1, 0.15) is 27.7 Å². The Morgan fingerprint density at radius 3 is 2.67 bits per heavy atom. The van der Waals surface area contributed by atoms with Gasteiger partial charge in [0, 0.05) is 46.7 Å². The van der Waals surface area contributed by atoms with E-state index >= 15 is 0 Å². The molecule has 0 saturated heterocycles. The zero-order valence-electron chi connectivity index (χ0n) is 19.3. The first kappa shape index (κ1) is 24.0. The number of rotatable bonds is 7. The van der Waals surface area contributed by atoms with Crippen LogP contribution >= 0.6 is 0 Å². The van der Waals surface area contributed by atoms with Gasteiger partial charge in [0.15, 0.2) is 12.3 Å². The number of anilines is 3. The molecule has 0 spiro atoms. The van der Waals surface area contributed by atoms with Gasteiger partial charge in [-0.05, 0) is 55.0 Å². The highest BCUT2D eigenvalue weighted by Crippen LogP contribution is 2.25. The molecule has 0 aliphatic carbocycles. The zero-order valence-corrected chi connectivity index (χ0v) is 19.3. The number of aromatic nitrogens is 3. The summed E-state index contributed by atoms with van der Waals surface area (Å²) in [6, 6.07) is 19.0. The molecular weight excluding hydrogens is 456 g/mol. The van der Waals surface area contributed by atoms with E-state index < -0.39 is 12.1 Å². The van der Waals surface area contributed by atoms with Crippen LogP contribution < -0.4 is 16.4 Å². The van der Waals surface area contributed by atoms with Crippen molar-refractivity contribution >= 4 is 29.1 Å². The Morgan fingerprint density at radius 2 is 1.94 bits per heavy atom. The number of hydrogen-bond acceptors (Lipinski definition) is 9. The van der Waals surface area contributed by atoms with Crippen molar-refractivity contribution in [3.05, 3.63) is 95.9 Å². The first-order chi connectivity index (χ1) is 17.4. The fourth-order valence-corrected chi connectivity index (χ4v) is 3.30. The van der Waals surface area contributed by atoms with Crippen molar-refractivity contribution < 1.29 is 9.53 Å². The van der Waals surface area contributed by atoms with Crippen molar-refractivity contribution in [1.29, 1.82) is 10.7 Å². The van der Waals surface area contributed by atoms with Gasteiger partial charge < -0.3 is 15.4 Å². The Labute approximate surface area is 207 Å². The number of nitriles is 1. The molecule has 1 unspecified atom stereocenters. The molecule has 2 aromatic heterocycles. The minimum Gasteiger partial charge on any atom is -0.447 e. The number of nitrogens with one attached hydrogen (secondary N) is 3. The number of hydrogen-bond donors (Lipinski definition) is 4.